The minimum Gasteiger partial charge on any atom is -0.450 e. The Labute approximate surface area is 180 Å². The van der Waals surface area contributed by atoms with E-state index in [-0.39, 0.29) is 11.9 Å². The van der Waals surface area contributed by atoms with Crippen molar-refractivity contribution in [3.63, 3.8) is 0 Å². The summed E-state index contributed by atoms with van der Waals surface area (Å²) < 4.78 is 9.44. The molecule has 0 aromatic heterocycles. The number of hydrogen-bond donors (Lipinski definition) is 4. The third-order valence-corrected chi connectivity index (χ3v) is 4.14. The number of nitrogens with two attached hydrogens (primary N) is 2. The summed E-state index contributed by atoms with van der Waals surface area (Å²) in [6.45, 7) is 5.30. The minimum absolute atomic E-state index is 0.108. The lowest BCUT2D eigenvalue weighted by Gasteiger charge is -2.05. The van der Waals surface area contributed by atoms with Crippen LogP contribution in [0, 0.1) is 0 Å². The van der Waals surface area contributed by atoms with Crippen LogP contribution in [0.1, 0.15) is 78.1 Å². The number of hydrogen-bond acceptors (Lipinski definition) is 6. The highest BCUT2D eigenvalue weighted by Gasteiger charge is 2.02. The van der Waals surface area contributed by atoms with E-state index in [0.29, 0.717) is 26.3 Å². The second-order valence-electron chi connectivity index (χ2n) is 6.76. The molecular formula is C20H40N6O4. The number of alkyl carbamates (subject to hydrolysis) is 2. The van der Waals surface area contributed by atoms with E-state index in [1.54, 1.807) is 13.8 Å². The number of guanidine groups is 2. The number of unbranched alkanes of at least 4 members (excludes halogenated alkanes) is 9. The Kier molecular flexibility index (Phi) is 18.1. The van der Waals surface area contributed by atoms with Crippen LogP contribution in [0.3, 0.4) is 0 Å². The van der Waals surface area contributed by atoms with Crippen LogP contribution in [-0.2, 0) is 9.47 Å². The molecule has 0 radical (unpaired) electrons. The number of nitrogens with one attached hydrogen (secondary N) is 2. The summed E-state index contributed by atoms with van der Waals surface area (Å²) >= 11 is 0. The van der Waals surface area contributed by atoms with Crippen molar-refractivity contribution in [3.8, 4) is 0 Å². The molecule has 0 aliphatic heterocycles. The first-order chi connectivity index (χ1) is 14.5. The van der Waals surface area contributed by atoms with E-state index in [9.17, 15) is 9.59 Å². The molecule has 0 saturated carbocycles. The van der Waals surface area contributed by atoms with Gasteiger partial charge in [-0.25, -0.2) is 9.59 Å². The Morgan fingerprint density at radius 2 is 0.933 bits per heavy atom. The largest absolute Gasteiger partial charge is 0.450 e. The van der Waals surface area contributed by atoms with Gasteiger partial charge in [-0.15, -0.1) is 0 Å². The summed E-state index contributed by atoms with van der Waals surface area (Å²) in [5.41, 5.74) is 11.2. The molecule has 0 rings (SSSR count). The molecule has 0 fully saturated rings. The molecule has 0 unspecified atom stereocenters. The molecule has 0 heterocycles. The summed E-state index contributed by atoms with van der Waals surface area (Å²) in [4.78, 5) is 30.5. The fourth-order valence-corrected chi connectivity index (χ4v) is 2.66. The second-order valence-corrected chi connectivity index (χ2v) is 6.76. The standard InChI is InChI=1S/C20H40N6O4/c1-3-29-19(27)25-17(21)23-15-13-11-9-7-5-6-8-10-12-14-16-24-18(22)26-20(28)30-4-2/h3-16H2,1-2H3,(H3,21,23,25,27)(H3,22,24,26,28). The van der Waals surface area contributed by atoms with Crippen LogP contribution in [0.5, 0.6) is 0 Å². The van der Waals surface area contributed by atoms with Crippen LogP contribution in [0.2, 0.25) is 0 Å². The second kappa shape index (κ2) is 19.8. The van der Waals surface area contributed by atoms with Gasteiger partial charge < -0.3 is 20.9 Å². The Morgan fingerprint density at radius 1 is 0.633 bits per heavy atom. The van der Waals surface area contributed by atoms with E-state index in [4.69, 9.17) is 20.9 Å². The normalized spacial score (nSPS) is 11.8. The molecule has 0 aromatic rings. The van der Waals surface area contributed by atoms with Crippen LogP contribution in [-0.4, -0.2) is 50.4 Å². The Bertz CT molecular complexity index is 479. The van der Waals surface area contributed by atoms with E-state index in [2.05, 4.69) is 20.6 Å². The minimum atomic E-state index is -0.568. The van der Waals surface area contributed by atoms with Crippen LogP contribution in [0.4, 0.5) is 9.59 Å². The van der Waals surface area contributed by atoms with Gasteiger partial charge in [-0.05, 0) is 26.7 Å². The smallest absolute Gasteiger partial charge is 0.413 e. The van der Waals surface area contributed by atoms with Crippen molar-refractivity contribution in [1.82, 2.24) is 10.6 Å². The Morgan fingerprint density at radius 3 is 1.23 bits per heavy atom. The van der Waals surface area contributed by atoms with E-state index in [1.165, 1.54) is 38.5 Å². The van der Waals surface area contributed by atoms with E-state index in [0.717, 1.165) is 25.7 Å². The number of amides is 2. The molecule has 0 spiro atoms. The first kappa shape index (κ1) is 27.5. The quantitative estimate of drug-likeness (QED) is 0.179. The summed E-state index contributed by atoms with van der Waals surface area (Å²) in [6.07, 6.45) is 10.3. The first-order valence-electron chi connectivity index (χ1n) is 11.0. The SMILES string of the molecule is CCOC(=O)NC(N)=NCCCCCCCCCCCCN=C(N)NC(=O)OCC. The fourth-order valence-electron chi connectivity index (χ4n) is 2.66. The number of aliphatic imine (C=N–C) groups is 2. The van der Waals surface area contributed by atoms with Crippen molar-refractivity contribution in [2.45, 2.75) is 78.1 Å². The lowest BCUT2D eigenvalue weighted by molar-refractivity contribution is 0.156. The molecule has 30 heavy (non-hydrogen) atoms. The number of nitrogens with zero attached hydrogens (tertiary/aromatic N) is 2. The molecule has 0 saturated heterocycles. The van der Waals surface area contributed by atoms with Crippen LogP contribution >= 0.6 is 0 Å². The Hall–Kier alpha value is -2.52. The van der Waals surface area contributed by atoms with Crippen molar-refractivity contribution >= 4 is 24.1 Å². The maximum absolute atomic E-state index is 11.1. The van der Waals surface area contributed by atoms with E-state index >= 15 is 0 Å². The predicted molar refractivity (Wildman–Crippen MR) is 119 cm³/mol. The van der Waals surface area contributed by atoms with Gasteiger partial charge in [0.2, 0.25) is 0 Å². The molecule has 0 aromatic carbocycles. The summed E-state index contributed by atoms with van der Waals surface area (Å²) in [7, 11) is 0. The van der Waals surface area contributed by atoms with Crippen molar-refractivity contribution in [2.75, 3.05) is 26.3 Å². The molecule has 6 N–H and O–H groups in total. The molecule has 0 aliphatic rings. The maximum atomic E-state index is 11.1. The van der Waals surface area contributed by atoms with Gasteiger partial charge in [0.25, 0.3) is 0 Å². The topological polar surface area (TPSA) is 153 Å². The van der Waals surface area contributed by atoms with E-state index in [1.807, 2.05) is 0 Å². The van der Waals surface area contributed by atoms with E-state index < -0.39 is 12.2 Å². The zero-order chi connectivity index (χ0) is 22.5. The molecule has 2 amide bonds. The molecular weight excluding hydrogens is 388 g/mol. The van der Waals surface area contributed by atoms with Crippen molar-refractivity contribution < 1.29 is 19.1 Å². The van der Waals surface area contributed by atoms with Gasteiger partial charge in [0.15, 0.2) is 11.9 Å². The molecule has 10 nitrogen and oxygen atoms in total. The monoisotopic (exact) mass is 428 g/mol. The molecule has 0 bridgehead atoms. The lowest BCUT2D eigenvalue weighted by atomic mass is 10.1. The van der Waals surface area contributed by atoms with Crippen molar-refractivity contribution in [2.24, 2.45) is 21.5 Å². The summed E-state index contributed by atoms with van der Waals surface area (Å²) in [6, 6.07) is 0. The zero-order valence-corrected chi connectivity index (χ0v) is 18.6. The third-order valence-electron chi connectivity index (χ3n) is 4.14. The van der Waals surface area contributed by atoms with Crippen molar-refractivity contribution in [3.05, 3.63) is 0 Å². The van der Waals surface area contributed by atoms with Crippen LogP contribution < -0.4 is 22.1 Å². The summed E-state index contributed by atoms with van der Waals surface area (Å²) in [5.74, 6) is 0.217. The van der Waals surface area contributed by atoms with Gasteiger partial charge in [-0.2, -0.15) is 0 Å². The number of ether oxygens (including phenoxy) is 2. The maximum Gasteiger partial charge on any atom is 0.413 e. The third kappa shape index (κ3) is 18.8. The molecule has 174 valence electrons. The number of rotatable bonds is 15. The average molecular weight is 429 g/mol. The van der Waals surface area contributed by atoms with Gasteiger partial charge in [0.1, 0.15) is 0 Å². The number of carbonyl (C=O) groups is 2. The van der Waals surface area contributed by atoms with Gasteiger partial charge in [0.05, 0.1) is 13.2 Å². The highest BCUT2D eigenvalue weighted by Crippen LogP contribution is 2.10. The van der Waals surface area contributed by atoms with Gasteiger partial charge in [-0.3, -0.25) is 20.6 Å². The zero-order valence-electron chi connectivity index (χ0n) is 18.6. The predicted octanol–water partition coefficient (Wildman–Crippen LogP) is 3.01. The van der Waals surface area contributed by atoms with Crippen molar-refractivity contribution in [1.29, 1.82) is 0 Å². The molecule has 0 aliphatic carbocycles. The highest BCUT2D eigenvalue weighted by molar-refractivity contribution is 5.93. The highest BCUT2D eigenvalue weighted by atomic mass is 16.6. The van der Waals surface area contributed by atoms with Gasteiger partial charge in [-0.1, -0.05) is 51.4 Å². The molecule has 0 atom stereocenters. The van der Waals surface area contributed by atoms with Gasteiger partial charge >= 0.3 is 12.2 Å². The first-order valence-corrected chi connectivity index (χ1v) is 11.0. The van der Waals surface area contributed by atoms with Crippen LogP contribution in [0.25, 0.3) is 0 Å². The van der Waals surface area contributed by atoms with Gasteiger partial charge in [0, 0.05) is 13.1 Å². The Balaban J connectivity index is 3.42. The summed E-state index contributed by atoms with van der Waals surface area (Å²) in [5, 5.41) is 4.75. The molecule has 10 heteroatoms. The fraction of sp³-hybridized carbons (Fsp3) is 0.800. The van der Waals surface area contributed by atoms with Crippen LogP contribution in [0.15, 0.2) is 9.98 Å². The average Bonchev–Trinajstić information content (AvgIpc) is 2.68. The number of carbonyl (C=O) groups excluding carboxylic acids is 2. The lowest BCUT2D eigenvalue weighted by Crippen LogP contribution is -2.37.